The number of imidazole rings is 1. The van der Waals surface area contributed by atoms with Crippen LogP contribution in [0.2, 0.25) is 0 Å². The Balaban J connectivity index is 1.80. The van der Waals surface area contributed by atoms with E-state index in [0.717, 1.165) is 26.8 Å². The first-order valence-electron chi connectivity index (χ1n) is 11.8. The number of hydrogen-bond acceptors (Lipinski definition) is 4. The molecule has 1 N–H and O–H groups in total. The van der Waals surface area contributed by atoms with Crippen LogP contribution in [0.3, 0.4) is 0 Å². The fourth-order valence-electron chi connectivity index (χ4n) is 4.52. The highest BCUT2D eigenvalue weighted by atomic mass is 16.2. The third-order valence-electron chi connectivity index (χ3n) is 5.97. The highest BCUT2D eigenvalue weighted by Gasteiger charge is 2.21. The molecule has 4 aromatic rings. The molecule has 182 valence electrons. The number of hydrogen-bond donors (Lipinski definition) is 1. The number of aromatic nitrogens is 4. The van der Waals surface area contributed by atoms with Crippen molar-refractivity contribution in [3.63, 3.8) is 0 Å². The van der Waals surface area contributed by atoms with Crippen LogP contribution in [0.25, 0.3) is 11.2 Å². The molecular formula is C27H31N5O3. The van der Waals surface area contributed by atoms with Crippen molar-refractivity contribution < 1.29 is 4.79 Å². The number of anilines is 1. The Morgan fingerprint density at radius 1 is 1.00 bits per heavy atom. The van der Waals surface area contributed by atoms with Gasteiger partial charge >= 0.3 is 5.69 Å². The minimum Gasteiger partial charge on any atom is -0.324 e. The lowest BCUT2D eigenvalue weighted by Crippen LogP contribution is -2.43. The van der Waals surface area contributed by atoms with E-state index in [0.29, 0.717) is 23.4 Å². The fourth-order valence-corrected chi connectivity index (χ4v) is 4.52. The second kappa shape index (κ2) is 9.74. The third kappa shape index (κ3) is 4.96. The molecule has 2 aromatic carbocycles. The molecule has 0 saturated heterocycles. The van der Waals surface area contributed by atoms with E-state index < -0.39 is 17.2 Å². The molecule has 8 heteroatoms. The van der Waals surface area contributed by atoms with Crippen molar-refractivity contribution in [2.24, 2.45) is 5.92 Å². The second-order valence-electron chi connectivity index (χ2n) is 9.53. The maximum atomic E-state index is 13.5. The molecule has 8 nitrogen and oxygen atoms in total. The monoisotopic (exact) mass is 473 g/mol. The van der Waals surface area contributed by atoms with Crippen molar-refractivity contribution in [3.8, 4) is 0 Å². The molecule has 4 rings (SSSR count). The summed E-state index contributed by atoms with van der Waals surface area (Å²) in [6.07, 6.45) is 1.59. The summed E-state index contributed by atoms with van der Waals surface area (Å²) in [5.74, 6) is -0.162. The molecule has 0 atom stereocenters. The van der Waals surface area contributed by atoms with Crippen molar-refractivity contribution in [2.75, 3.05) is 5.32 Å². The molecular weight excluding hydrogens is 442 g/mol. The Morgan fingerprint density at radius 3 is 2.29 bits per heavy atom. The van der Waals surface area contributed by atoms with E-state index in [1.807, 2.05) is 77.1 Å². The molecule has 0 bridgehead atoms. The minimum absolute atomic E-state index is 0.243. The maximum absolute atomic E-state index is 13.5. The van der Waals surface area contributed by atoms with Crippen LogP contribution in [-0.4, -0.2) is 24.6 Å². The molecule has 0 saturated carbocycles. The fraction of sp³-hybridized carbons (Fsp3) is 0.333. The Labute approximate surface area is 203 Å². The van der Waals surface area contributed by atoms with Gasteiger partial charge in [-0.3, -0.25) is 14.2 Å². The average Bonchev–Trinajstić information content (AvgIpc) is 3.20. The van der Waals surface area contributed by atoms with E-state index in [4.69, 9.17) is 0 Å². The topological polar surface area (TPSA) is 90.9 Å². The van der Waals surface area contributed by atoms with Gasteiger partial charge in [-0.25, -0.2) is 14.3 Å². The summed E-state index contributed by atoms with van der Waals surface area (Å²) in [5, 5.41) is 2.90. The predicted octanol–water partition coefficient (Wildman–Crippen LogP) is 3.63. The SMILES string of the molecule is Cc1cc(C)c(NC(=O)Cn2c(=O)c3c(ncn3CC(C)C)n(Cc3ccccc3)c2=O)c(C)c1. The number of carbonyl (C=O) groups excluding carboxylic acids is 1. The summed E-state index contributed by atoms with van der Waals surface area (Å²) in [7, 11) is 0. The molecule has 0 spiro atoms. The summed E-state index contributed by atoms with van der Waals surface area (Å²) in [6.45, 7) is 10.4. The van der Waals surface area contributed by atoms with Gasteiger partial charge in [0, 0.05) is 12.2 Å². The number of nitrogens with one attached hydrogen (secondary N) is 1. The average molecular weight is 474 g/mol. The molecule has 0 aliphatic carbocycles. The highest BCUT2D eigenvalue weighted by Crippen LogP contribution is 2.22. The van der Waals surface area contributed by atoms with Crippen LogP contribution in [0.15, 0.2) is 58.4 Å². The van der Waals surface area contributed by atoms with E-state index in [9.17, 15) is 14.4 Å². The number of fused-ring (bicyclic) bond motifs is 1. The summed E-state index contributed by atoms with van der Waals surface area (Å²) < 4.78 is 4.25. The number of aryl methyl sites for hydroxylation is 3. The zero-order valence-electron chi connectivity index (χ0n) is 20.8. The van der Waals surface area contributed by atoms with Crippen LogP contribution < -0.4 is 16.6 Å². The van der Waals surface area contributed by atoms with Crippen LogP contribution in [0.5, 0.6) is 0 Å². The van der Waals surface area contributed by atoms with Crippen molar-refractivity contribution >= 4 is 22.8 Å². The largest absolute Gasteiger partial charge is 0.333 e. The van der Waals surface area contributed by atoms with Crippen LogP contribution in [-0.2, 0) is 24.4 Å². The van der Waals surface area contributed by atoms with E-state index in [1.165, 1.54) is 4.57 Å². The smallest absolute Gasteiger partial charge is 0.324 e. The van der Waals surface area contributed by atoms with Crippen LogP contribution >= 0.6 is 0 Å². The van der Waals surface area contributed by atoms with Crippen LogP contribution in [0, 0.1) is 26.7 Å². The van der Waals surface area contributed by atoms with Crippen molar-refractivity contribution in [1.82, 2.24) is 18.7 Å². The molecule has 2 aromatic heterocycles. The lowest BCUT2D eigenvalue weighted by atomic mass is 10.1. The molecule has 2 heterocycles. The van der Waals surface area contributed by atoms with E-state index >= 15 is 0 Å². The van der Waals surface area contributed by atoms with Gasteiger partial charge in [0.25, 0.3) is 5.56 Å². The molecule has 0 unspecified atom stereocenters. The van der Waals surface area contributed by atoms with E-state index in [1.54, 1.807) is 10.9 Å². The van der Waals surface area contributed by atoms with Gasteiger partial charge in [-0.15, -0.1) is 0 Å². The van der Waals surface area contributed by atoms with Crippen molar-refractivity contribution in [1.29, 1.82) is 0 Å². The van der Waals surface area contributed by atoms with Gasteiger partial charge in [0.2, 0.25) is 5.91 Å². The van der Waals surface area contributed by atoms with Crippen molar-refractivity contribution in [3.05, 3.63) is 91.9 Å². The first kappa shape index (κ1) is 24.2. The summed E-state index contributed by atoms with van der Waals surface area (Å²) in [5.41, 5.74) is 4.12. The number of rotatable bonds is 7. The predicted molar refractivity (Wildman–Crippen MR) is 138 cm³/mol. The second-order valence-corrected chi connectivity index (χ2v) is 9.53. The molecule has 0 aliphatic rings. The summed E-state index contributed by atoms with van der Waals surface area (Å²) in [6, 6.07) is 13.5. The Bertz CT molecular complexity index is 1490. The number of nitrogens with zero attached hydrogens (tertiary/aromatic N) is 4. The van der Waals surface area contributed by atoms with Gasteiger partial charge in [-0.05, 0) is 43.4 Å². The first-order chi connectivity index (χ1) is 16.7. The van der Waals surface area contributed by atoms with Gasteiger partial charge < -0.3 is 9.88 Å². The van der Waals surface area contributed by atoms with Crippen LogP contribution in [0.1, 0.15) is 36.1 Å². The molecule has 0 aliphatic heterocycles. The zero-order valence-corrected chi connectivity index (χ0v) is 20.8. The van der Waals surface area contributed by atoms with Gasteiger partial charge in [-0.1, -0.05) is 61.9 Å². The number of amides is 1. The van der Waals surface area contributed by atoms with Gasteiger partial charge in [0.15, 0.2) is 11.2 Å². The number of carbonyl (C=O) groups is 1. The maximum Gasteiger partial charge on any atom is 0.333 e. The van der Waals surface area contributed by atoms with E-state index in [2.05, 4.69) is 10.3 Å². The molecule has 1 amide bonds. The van der Waals surface area contributed by atoms with Gasteiger partial charge in [0.1, 0.15) is 6.54 Å². The lowest BCUT2D eigenvalue weighted by Gasteiger charge is -2.15. The summed E-state index contributed by atoms with van der Waals surface area (Å²) >= 11 is 0. The lowest BCUT2D eigenvalue weighted by molar-refractivity contribution is -0.116. The molecule has 35 heavy (non-hydrogen) atoms. The van der Waals surface area contributed by atoms with Crippen molar-refractivity contribution in [2.45, 2.75) is 54.3 Å². The highest BCUT2D eigenvalue weighted by molar-refractivity contribution is 5.92. The Kier molecular flexibility index (Phi) is 6.73. The van der Waals surface area contributed by atoms with Gasteiger partial charge in [-0.2, -0.15) is 0 Å². The first-order valence-corrected chi connectivity index (χ1v) is 11.8. The van der Waals surface area contributed by atoms with Crippen LogP contribution in [0.4, 0.5) is 5.69 Å². The quantitative estimate of drug-likeness (QED) is 0.444. The Hall–Kier alpha value is -3.94. The zero-order chi connectivity index (χ0) is 25.3. The summed E-state index contributed by atoms with van der Waals surface area (Å²) in [4.78, 5) is 44.5. The third-order valence-corrected chi connectivity index (χ3v) is 5.97. The normalized spacial score (nSPS) is 11.4. The number of benzene rings is 2. The van der Waals surface area contributed by atoms with Gasteiger partial charge in [0.05, 0.1) is 12.9 Å². The molecule has 0 fully saturated rings. The minimum atomic E-state index is -0.561. The van der Waals surface area contributed by atoms with E-state index in [-0.39, 0.29) is 19.0 Å². The Morgan fingerprint density at radius 2 is 1.66 bits per heavy atom. The molecule has 0 radical (unpaired) electrons. The standard InChI is InChI=1S/C27H31N5O3/c1-17(2)13-30-16-28-25-24(30)26(34)32(27(35)31(25)14-21-9-7-6-8-10-21)15-22(33)29-23-19(4)11-18(3)12-20(23)5/h6-12,16-17H,13-15H2,1-5H3,(H,29,33).